The summed E-state index contributed by atoms with van der Waals surface area (Å²) >= 11 is 0. The van der Waals surface area contributed by atoms with Gasteiger partial charge in [-0.1, -0.05) is 18.2 Å². The lowest BCUT2D eigenvalue weighted by molar-refractivity contribution is -0.127. The minimum absolute atomic E-state index is 0.0134. The summed E-state index contributed by atoms with van der Waals surface area (Å²) in [5.74, 6) is 0.857. The van der Waals surface area contributed by atoms with Gasteiger partial charge in [0.05, 0.1) is 18.7 Å². The van der Waals surface area contributed by atoms with Crippen molar-refractivity contribution in [1.29, 1.82) is 0 Å². The maximum atomic E-state index is 13.7. The second-order valence-electron chi connectivity index (χ2n) is 9.97. The Bertz CT molecular complexity index is 1440. The number of piperidine rings is 1. The summed E-state index contributed by atoms with van der Waals surface area (Å²) in [7, 11) is 1.63. The maximum absolute atomic E-state index is 13.7. The number of ether oxygens (including phenoxy) is 1. The van der Waals surface area contributed by atoms with Gasteiger partial charge in [0.2, 0.25) is 5.91 Å². The third-order valence-corrected chi connectivity index (χ3v) is 7.95. The Morgan fingerprint density at radius 3 is 2.42 bits per heavy atom. The average molecular weight is 508 g/mol. The number of nitrogens with zero attached hydrogens (tertiary/aromatic N) is 4. The third kappa shape index (κ3) is 4.22. The molecule has 6 rings (SSSR count). The highest BCUT2D eigenvalue weighted by atomic mass is 16.5. The molecule has 0 atom stereocenters. The van der Waals surface area contributed by atoms with Gasteiger partial charge in [-0.15, -0.1) is 0 Å². The van der Waals surface area contributed by atoms with Crippen LogP contribution in [0.1, 0.15) is 29.6 Å². The van der Waals surface area contributed by atoms with Crippen LogP contribution in [0.3, 0.4) is 0 Å². The van der Waals surface area contributed by atoms with Crippen LogP contribution in [0.25, 0.3) is 22.3 Å². The second kappa shape index (κ2) is 9.78. The van der Waals surface area contributed by atoms with E-state index in [1.54, 1.807) is 19.5 Å². The number of carbonyl (C=O) groups excluding carboxylic acids is 2. The molecule has 1 spiro atoms. The van der Waals surface area contributed by atoms with Crippen molar-refractivity contribution in [2.75, 3.05) is 31.6 Å². The fourth-order valence-corrected chi connectivity index (χ4v) is 5.67. The Hall–Kier alpha value is -4.46. The number of pyridine rings is 1. The van der Waals surface area contributed by atoms with Crippen molar-refractivity contribution in [2.24, 2.45) is 5.41 Å². The number of anilines is 1. The summed E-state index contributed by atoms with van der Waals surface area (Å²) in [6.07, 6.45) is 9.26. The minimum Gasteiger partial charge on any atom is -0.496 e. The zero-order chi connectivity index (χ0) is 26.1. The number of amides is 2. The van der Waals surface area contributed by atoms with Gasteiger partial charge in [0.15, 0.2) is 0 Å². The molecule has 8 heteroatoms. The van der Waals surface area contributed by atoms with Crippen LogP contribution < -0.4 is 9.64 Å². The van der Waals surface area contributed by atoms with Crippen molar-refractivity contribution < 1.29 is 14.3 Å². The van der Waals surface area contributed by atoms with E-state index in [1.165, 1.54) is 0 Å². The monoisotopic (exact) mass is 507 g/mol. The molecular formula is C30H29N5O3. The van der Waals surface area contributed by atoms with Gasteiger partial charge in [0.25, 0.3) is 5.91 Å². The van der Waals surface area contributed by atoms with E-state index in [9.17, 15) is 9.59 Å². The highest BCUT2D eigenvalue weighted by Crippen LogP contribution is 2.44. The van der Waals surface area contributed by atoms with Crippen LogP contribution >= 0.6 is 0 Å². The number of carbonyl (C=O) groups is 2. The van der Waals surface area contributed by atoms with Gasteiger partial charge in [-0.05, 0) is 60.7 Å². The number of hydrogen-bond acceptors (Lipinski definition) is 5. The smallest absolute Gasteiger partial charge is 0.253 e. The zero-order valence-electron chi connectivity index (χ0n) is 21.3. The maximum Gasteiger partial charge on any atom is 0.253 e. The molecule has 192 valence electrons. The van der Waals surface area contributed by atoms with E-state index in [0.717, 1.165) is 34.4 Å². The number of aromatic amines is 1. The number of rotatable bonds is 5. The normalized spacial score (nSPS) is 16.7. The van der Waals surface area contributed by atoms with E-state index < -0.39 is 5.41 Å². The molecule has 0 radical (unpaired) electrons. The third-order valence-electron chi connectivity index (χ3n) is 7.95. The van der Waals surface area contributed by atoms with Gasteiger partial charge in [-0.2, -0.15) is 5.10 Å². The Labute approximate surface area is 221 Å². The van der Waals surface area contributed by atoms with Crippen LogP contribution in [0.2, 0.25) is 0 Å². The van der Waals surface area contributed by atoms with E-state index >= 15 is 0 Å². The van der Waals surface area contributed by atoms with E-state index in [-0.39, 0.29) is 11.8 Å². The summed E-state index contributed by atoms with van der Waals surface area (Å²) in [6.45, 7) is 1.81. The van der Waals surface area contributed by atoms with Gasteiger partial charge in [-0.25, -0.2) is 0 Å². The number of hydrogen-bond donors (Lipinski definition) is 1. The van der Waals surface area contributed by atoms with Crippen LogP contribution in [0.15, 0.2) is 79.4 Å². The predicted octanol–water partition coefficient (Wildman–Crippen LogP) is 4.81. The number of nitrogens with one attached hydrogen (secondary N) is 1. The summed E-state index contributed by atoms with van der Waals surface area (Å²) in [6, 6.07) is 17.4. The minimum atomic E-state index is -0.419. The first-order chi connectivity index (χ1) is 18.6. The molecular weight excluding hydrogens is 478 g/mol. The fourth-order valence-electron chi connectivity index (χ4n) is 5.67. The molecule has 2 aliphatic heterocycles. The van der Waals surface area contributed by atoms with Crippen LogP contribution in [-0.4, -0.2) is 58.6 Å². The van der Waals surface area contributed by atoms with E-state index in [1.807, 2.05) is 76.8 Å². The van der Waals surface area contributed by atoms with Gasteiger partial charge in [-0.3, -0.25) is 19.7 Å². The highest BCUT2D eigenvalue weighted by molar-refractivity contribution is 6.01. The van der Waals surface area contributed by atoms with Gasteiger partial charge in [0.1, 0.15) is 5.75 Å². The SMILES string of the molecule is COc1cc(N2CCC3(CCN(C(=O)c4ccc(-c5cccnc5)cc4)CC3)C2=O)ccc1-c1cn[nH]c1. The summed E-state index contributed by atoms with van der Waals surface area (Å²) in [5.41, 5.74) is 4.98. The van der Waals surface area contributed by atoms with Crippen molar-refractivity contribution in [3.05, 3.63) is 84.9 Å². The van der Waals surface area contributed by atoms with Crippen LogP contribution in [0.4, 0.5) is 5.69 Å². The lowest BCUT2D eigenvalue weighted by Crippen LogP contribution is -2.46. The molecule has 2 saturated heterocycles. The van der Waals surface area contributed by atoms with Crippen LogP contribution in [0, 0.1) is 5.41 Å². The van der Waals surface area contributed by atoms with E-state index in [2.05, 4.69) is 15.2 Å². The summed E-state index contributed by atoms with van der Waals surface area (Å²) < 4.78 is 5.63. The molecule has 2 fully saturated rings. The fraction of sp³-hybridized carbons (Fsp3) is 0.267. The van der Waals surface area contributed by atoms with Crippen molar-refractivity contribution >= 4 is 17.5 Å². The topological polar surface area (TPSA) is 91.4 Å². The number of H-pyrrole nitrogens is 1. The van der Waals surface area contributed by atoms with Crippen molar-refractivity contribution in [3.63, 3.8) is 0 Å². The first-order valence-corrected chi connectivity index (χ1v) is 12.9. The molecule has 2 amide bonds. The van der Waals surface area contributed by atoms with Crippen LogP contribution in [-0.2, 0) is 4.79 Å². The molecule has 38 heavy (non-hydrogen) atoms. The molecule has 8 nitrogen and oxygen atoms in total. The predicted molar refractivity (Wildman–Crippen MR) is 145 cm³/mol. The number of aromatic nitrogens is 3. The number of benzene rings is 2. The van der Waals surface area contributed by atoms with E-state index in [4.69, 9.17) is 4.74 Å². The van der Waals surface area contributed by atoms with Gasteiger partial charge in [0, 0.05) is 66.7 Å². The molecule has 1 N–H and O–H groups in total. The molecule has 2 aliphatic rings. The van der Waals surface area contributed by atoms with Gasteiger partial charge < -0.3 is 14.5 Å². The zero-order valence-corrected chi connectivity index (χ0v) is 21.3. The second-order valence-corrected chi connectivity index (χ2v) is 9.97. The largest absolute Gasteiger partial charge is 0.496 e. The molecule has 0 aliphatic carbocycles. The molecule has 0 unspecified atom stereocenters. The highest BCUT2D eigenvalue weighted by Gasteiger charge is 2.49. The number of likely N-dealkylation sites (tertiary alicyclic amines) is 1. The standard InChI is InChI=1S/C30H29N5O3/c1-38-27-17-25(8-9-26(27)24-19-32-33-20-24)35-16-12-30(29(35)37)10-14-34(15-11-30)28(36)22-6-4-21(5-7-22)23-3-2-13-31-18-23/h2-9,13,17-20H,10-12,14-16H2,1H3,(H,32,33). The summed E-state index contributed by atoms with van der Waals surface area (Å²) in [4.78, 5) is 34.8. The number of methoxy groups -OCH3 is 1. The molecule has 0 bridgehead atoms. The first kappa shape index (κ1) is 23.9. The van der Waals surface area contributed by atoms with E-state index in [0.29, 0.717) is 43.8 Å². The van der Waals surface area contributed by atoms with Gasteiger partial charge >= 0.3 is 0 Å². The molecule has 4 heterocycles. The molecule has 4 aromatic rings. The molecule has 0 saturated carbocycles. The van der Waals surface area contributed by atoms with Crippen molar-refractivity contribution in [2.45, 2.75) is 19.3 Å². The average Bonchev–Trinajstić information content (AvgIpc) is 3.62. The van der Waals surface area contributed by atoms with Crippen molar-refractivity contribution in [3.8, 4) is 28.0 Å². The Balaban J connectivity index is 1.12. The van der Waals surface area contributed by atoms with Crippen LogP contribution in [0.5, 0.6) is 5.75 Å². The Morgan fingerprint density at radius 2 is 1.74 bits per heavy atom. The quantitative estimate of drug-likeness (QED) is 0.419. The molecule has 2 aromatic heterocycles. The Morgan fingerprint density at radius 1 is 0.947 bits per heavy atom. The first-order valence-electron chi connectivity index (χ1n) is 12.9. The lowest BCUT2D eigenvalue weighted by Gasteiger charge is -2.38. The van der Waals surface area contributed by atoms with Crippen molar-refractivity contribution in [1.82, 2.24) is 20.1 Å². The molecule has 2 aromatic carbocycles. The lowest BCUT2D eigenvalue weighted by atomic mass is 9.77. The summed E-state index contributed by atoms with van der Waals surface area (Å²) in [5, 5.41) is 6.85. The Kier molecular flexibility index (Phi) is 6.15.